The minimum absolute atomic E-state index is 0.0856. The number of amides is 2. The minimum Gasteiger partial charge on any atom is -0.457 e. The monoisotopic (exact) mass is 459 g/mol. The molecule has 0 bridgehead atoms. The minimum atomic E-state index is -0.406. The van der Waals surface area contributed by atoms with Crippen LogP contribution in [-0.4, -0.2) is 42.4 Å². The standard InChI is InChI=1S/C27H26FN3O3/c1-2-31-13-3-4-20(31)16-29-26(32)18-7-5-17(6-8-18)25-12-10-21(34-25)15-23-22-14-19(28)9-11-24(22)30-27(23)33/h5-12,14-15,20H,2-4,13,16H2,1H3,(H,29,32)(H,30,33)/b23-15+. The molecule has 0 spiro atoms. The van der Waals surface area contributed by atoms with E-state index in [1.165, 1.54) is 18.6 Å². The van der Waals surface area contributed by atoms with Crippen molar-refractivity contribution in [2.45, 2.75) is 25.8 Å². The molecule has 0 saturated carbocycles. The van der Waals surface area contributed by atoms with Crippen LogP contribution in [0.15, 0.2) is 59.0 Å². The van der Waals surface area contributed by atoms with E-state index in [4.69, 9.17) is 4.42 Å². The van der Waals surface area contributed by atoms with Crippen LogP contribution in [0.1, 0.15) is 41.4 Å². The van der Waals surface area contributed by atoms with Crippen molar-refractivity contribution >= 4 is 29.2 Å². The van der Waals surface area contributed by atoms with Gasteiger partial charge < -0.3 is 15.1 Å². The Labute approximate surface area is 197 Å². The van der Waals surface area contributed by atoms with Crippen LogP contribution in [0, 0.1) is 5.82 Å². The largest absolute Gasteiger partial charge is 0.457 e. The zero-order valence-electron chi connectivity index (χ0n) is 18.9. The third-order valence-corrected chi connectivity index (χ3v) is 6.51. The molecule has 34 heavy (non-hydrogen) atoms. The highest BCUT2D eigenvalue weighted by Crippen LogP contribution is 2.34. The summed E-state index contributed by atoms with van der Waals surface area (Å²) in [6.45, 7) is 4.91. The number of rotatable bonds is 6. The molecule has 2 aromatic carbocycles. The second-order valence-corrected chi connectivity index (χ2v) is 8.62. The molecule has 6 nitrogen and oxygen atoms in total. The van der Waals surface area contributed by atoms with E-state index in [0.717, 1.165) is 25.1 Å². The molecule has 3 heterocycles. The zero-order chi connectivity index (χ0) is 23.7. The van der Waals surface area contributed by atoms with Crippen LogP contribution < -0.4 is 10.6 Å². The second kappa shape index (κ2) is 9.27. The normalized spacial score (nSPS) is 18.8. The van der Waals surface area contributed by atoms with Crippen LogP contribution in [0.3, 0.4) is 0 Å². The number of likely N-dealkylation sites (N-methyl/N-ethyl adjacent to an activating group) is 1. The summed E-state index contributed by atoms with van der Waals surface area (Å²) >= 11 is 0. The molecule has 1 unspecified atom stereocenters. The molecular weight excluding hydrogens is 433 g/mol. The molecule has 1 aromatic heterocycles. The van der Waals surface area contributed by atoms with E-state index >= 15 is 0 Å². The maximum absolute atomic E-state index is 13.7. The van der Waals surface area contributed by atoms with Gasteiger partial charge in [-0.1, -0.05) is 19.1 Å². The number of carbonyl (C=O) groups excluding carboxylic acids is 2. The summed E-state index contributed by atoms with van der Waals surface area (Å²) < 4.78 is 19.6. The summed E-state index contributed by atoms with van der Waals surface area (Å²) in [5.74, 6) is 0.305. The van der Waals surface area contributed by atoms with Crippen molar-refractivity contribution in [3.63, 3.8) is 0 Å². The summed E-state index contributed by atoms with van der Waals surface area (Å²) in [5.41, 5.74) is 2.86. The molecule has 2 aliphatic heterocycles. The Balaban J connectivity index is 1.27. The second-order valence-electron chi connectivity index (χ2n) is 8.62. The van der Waals surface area contributed by atoms with Crippen molar-refractivity contribution in [3.05, 3.63) is 77.3 Å². The van der Waals surface area contributed by atoms with E-state index < -0.39 is 5.82 Å². The van der Waals surface area contributed by atoms with Gasteiger partial charge in [-0.3, -0.25) is 14.5 Å². The highest BCUT2D eigenvalue weighted by atomic mass is 19.1. The van der Waals surface area contributed by atoms with E-state index in [1.807, 2.05) is 12.1 Å². The van der Waals surface area contributed by atoms with Gasteiger partial charge in [0.1, 0.15) is 17.3 Å². The Bertz CT molecular complexity index is 1260. The molecule has 3 aromatic rings. The number of furan rings is 1. The molecule has 174 valence electrons. The molecule has 2 amide bonds. The molecule has 0 radical (unpaired) electrons. The van der Waals surface area contributed by atoms with Gasteiger partial charge in [-0.2, -0.15) is 0 Å². The zero-order valence-corrected chi connectivity index (χ0v) is 18.9. The summed E-state index contributed by atoms with van der Waals surface area (Å²) in [6.07, 6.45) is 3.90. The van der Waals surface area contributed by atoms with Crippen LogP contribution in [0.4, 0.5) is 10.1 Å². The fourth-order valence-corrected chi connectivity index (χ4v) is 4.67. The summed E-state index contributed by atoms with van der Waals surface area (Å²) in [6, 6.07) is 15.4. The van der Waals surface area contributed by atoms with Gasteiger partial charge in [0, 0.05) is 35.0 Å². The summed E-state index contributed by atoms with van der Waals surface area (Å²) in [7, 11) is 0. The lowest BCUT2D eigenvalue weighted by Gasteiger charge is -2.22. The Kier molecular flexibility index (Phi) is 6.02. The van der Waals surface area contributed by atoms with Crippen molar-refractivity contribution in [2.75, 3.05) is 25.0 Å². The fraction of sp³-hybridized carbons (Fsp3) is 0.259. The average Bonchev–Trinajstić information content (AvgIpc) is 3.57. The van der Waals surface area contributed by atoms with Crippen molar-refractivity contribution in [1.82, 2.24) is 10.2 Å². The van der Waals surface area contributed by atoms with Gasteiger partial charge in [0.2, 0.25) is 0 Å². The molecule has 0 aliphatic carbocycles. The SMILES string of the molecule is CCN1CCCC1CNC(=O)c1ccc(-c2ccc(/C=C3/C(=O)Nc4ccc(F)cc43)o2)cc1. The van der Waals surface area contributed by atoms with Crippen LogP contribution >= 0.6 is 0 Å². The molecule has 7 heteroatoms. The Hall–Kier alpha value is -3.71. The number of likely N-dealkylation sites (tertiary alicyclic amines) is 1. The first-order chi connectivity index (χ1) is 16.5. The van der Waals surface area contributed by atoms with Gasteiger partial charge in [0.25, 0.3) is 11.8 Å². The first-order valence-corrected chi connectivity index (χ1v) is 11.6. The van der Waals surface area contributed by atoms with E-state index in [0.29, 0.717) is 46.5 Å². The lowest BCUT2D eigenvalue weighted by atomic mass is 10.1. The molecule has 2 N–H and O–H groups in total. The summed E-state index contributed by atoms with van der Waals surface area (Å²) in [4.78, 5) is 27.3. The number of benzene rings is 2. The van der Waals surface area contributed by atoms with Crippen LogP contribution in [0.2, 0.25) is 0 Å². The van der Waals surface area contributed by atoms with Gasteiger partial charge in [-0.15, -0.1) is 0 Å². The van der Waals surface area contributed by atoms with Gasteiger partial charge in [0.05, 0.1) is 5.57 Å². The molecule has 1 saturated heterocycles. The first kappa shape index (κ1) is 22.1. The average molecular weight is 460 g/mol. The van der Waals surface area contributed by atoms with Crippen molar-refractivity contribution in [2.24, 2.45) is 0 Å². The molecule has 1 atom stereocenters. The maximum atomic E-state index is 13.7. The van der Waals surface area contributed by atoms with E-state index in [-0.39, 0.29) is 11.8 Å². The van der Waals surface area contributed by atoms with Crippen molar-refractivity contribution < 1.29 is 18.4 Å². The highest BCUT2D eigenvalue weighted by Gasteiger charge is 2.25. The predicted molar refractivity (Wildman–Crippen MR) is 130 cm³/mol. The van der Waals surface area contributed by atoms with Gasteiger partial charge >= 0.3 is 0 Å². The summed E-state index contributed by atoms with van der Waals surface area (Å²) in [5, 5.41) is 5.78. The van der Waals surface area contributed by atoms with Crippen LogP contribution in [0.25, 0.3) is 23.0 Å². The quantitative estimate of drug-likeness (QED) is 0.520. The molecule has 2 aliphatic rings. The Morgan fingerprint density at radius 1 is 1.21 bits per heavy atom. The van der Waals surface area contributed by atoms with Gasteiger partial charge in [-0.25, -0.2) is 4.39 Å². The first-order valence-electron chi connectivity index (χ1n) is 11.6. The van der Waals surface area contributed by atoms with Gasteiger partial charge in [-0.05, 0) is 74.5 Å². The van der Waals surface area contributed by atoms with E-state index in [2.05, 4.69) is 22.5 Å². The third kappa shape index (κ3) is 4.39. The number of hydrogen-bond acceptors (Lipinski definition) is 4. The Morgan fingerprint density at radius 2 is 2.03 bits per heavy atom. The lowest BCUT2D eigenvalue weighted by Crippen LogP contribution is -2.40. The van der Waals surface area contributed by atoms with Crippen LogP contribution in [-0.2, 0) is 4.79 Å². The third-order valence-electron chi connectivity index (χ3n) is 6.51. The topological polar surface area (TPSA) is 74.6 Å². The van der Waals surface area contributed by atoms with E-state index in [9.17, 15) is 14.0 Å². The molecular formula is C27H26FN3O3. The maximum Gasteiger partial charge on any atom is 0.256 e. The van der Waals surface area contributed by atoms with Gasteiger partial charge in [0.15, 0.2) is 0 Å². The van der Waals surface area contributed by atoms with Crippen LogP contribution in [0.5, 0.6) is 0 Å². The highest BCUT2D eigenvalue weighted by molar-refractivity contribution is 6.34. The number of halogens is 1. The number of fused-ring (bicyclic) bond motifs is 1. The lowest BCUT2D eigenvalue weighted by molar-refractivity contribution is -0.110. The smallest absolute Gasteiger partial charge is 0.256 e. The number of hydrogen-bond donors (Lipinski definition) is 2. The number of nitrogens with zero attached hydrogens (tertiary/aromatic N) is 1. The fourth-order valence-electron chi connectivity index (χ4n) is 4.67. The molecule has 1 fully saturated rings. The number of carbonyl (C=O) groups is 2. The number of nitrogens with one attached hydrogen (secondary N) is 2. The Morgan fingerprint density at radius 3 is 2.82 bits per heavy atom. The predicted octanol–water partition coefficient (Wildman–Crippen LogP) is 4.79. The van der Waals surface area contributed by atoms with E-state index in [1.54, 1.807) is 36.4 Å². The molecule has 5 rings (SSSR count). The van der Waals surface area contributed by atoms with Crippen molar-refractivity contribution in [1.29, 1.82) is 0 Å². The number of anilines is 1. The van der Waals surface area contributed by atoms with Crippen molar-refractivity contribution in [3.8, 4) is 11.3 Å².